The number of rotatable bonds is 7. The lowest BCUT2D eigenvalue weighted by atomic mass is 10.0. The summed E-state index contributed by atoms with van der Waals surface area (Å²) in [4.78, 5) is 4.25. The number of aliphatic hydroxyl groups is 1. The predicted octanol–water partition coefficient (Wildman–Crippen LogP) is 1.64. The number of nitrogens with zero attached hydrogens (tertiary/aromatic N) is 3. The SMILES string of the molecule is CCCC(CO)Cc1ncnn1CCC. The third-order valence-electron chi connectivity index (χ3n) is 2.56. The van der Waals surface area contributed by atoms with E-state index in [2.05, 4.69) is 23.9 Å². The molecule has 15 heavy (non-hydrogen) atoms. The first-order chi connectivity index (χ1) is 7.31. The average Bonchev–Trinajstić information content (AvgIpc) is 2.66. The molecule has 4 nitrogen and oxygen atoms in total. The Morgan fingerprint density at radius 1 is 1.40 bits per heavy atom. The van der Waals surface area contributed by atoms with Crippen LogP contribution in [0, 0.1) is 5.92 Å². The van der Waals surface area contributed by atoms with Crippen LogP contribution in [0.3, 0.4) is 0 Å². The third kappa shape index (κ3) is 3.63. The molecule has 0 aliphatic carbocycles. The highest BCUT2D eigenvalue weighted by Crippen LogP contribution is 2.12. The van der Waals surface area contributed by atoms with Crippen molar-refractivity contribution in [2.45, 2.75) is 46.1 Å². The van der Waals surface area contributed by atoms with Crippen LogP contribution in [0.25, 0.3) is 0 Å². The summed E-state index contributed by atoms with van der Waals surface area (Å²) in [5, 5.41) is 13.4. The molecule has 1 aromatic rings. The van der Waals surface area contributed by atoms with Crippen LogP contribution in [0.5, 0.6) is 0 Å². The van der Waals surface area contributed by atoms with E-state index >= 15 is 0 Å². The second-order valence-electron chi connectivity index (χ2n) is 3.94. The predicted molar refractivity (Wildman–Crippen MR) is 59.5 cm³/mol. The lowest BCUT2D eigenvalue weighted by Gasteiger charge is -2.12. The maximum atomic E-state index is 9.22. The first-order valence-corrected chi connectivity index (χ1v) is 5.79. The topological polar surface area (TPSA) is 50.9 Å². The summed E-state index contributed by atoms with van der Waals surface area (Å²) in [6.07, 6.45) is 5.66. The molecule has 0 fully saturated rings. The maximum Gasteiger partial charge on any atom is 0.138 e. The van der Waals surface area contributed by atoms with Gasteiger partial charge in [-0.05, 0) is 18.8 Å². The van der Waals surface area contributed by atoms with Crippen molar-refractivity contribution in [2.24, 2.45) is 5.92 Å². The van der Waals surface area contributed by atoms with Gasteiger partial charge in [0.15, 0.2) is 0 Å². The molecule has 1 N–H and O–H groups in total. The fourth-order valence-corrected chi connectivity index (χ4v) is 1.77. The molecule has 0 radical (unpaired) electrons. The van der Waals surface area contributed by atoms with E-state index in [9.17, 15) is 5.11 Å². The van der Waals surface area contributed by atoms with Gasteiger partial charge in [-0.2, -0.15) is 5.10 Å². The molecule has 1 heterocycles. The van der Waals surface area contributed by atoms with E-state index in [0.29, 0.717) is 5.92 Å². The van der Waals surface area contributed by atoms with Crippen LogP contribution in [0.4, 0.5) is 0 Å². The van der Waals surface area contributed by atoms with Gasteiger partial charge in [0, 0.05) is 19.6 Å². The zero-order valence-corrected chi connectivity index (χ0v) is 9.69. The quantitative estimate of drug-likeness (QED) is 0.746. The van der Waals surface area contributed by atoms with Crippen LogP contribution in [-0.2, 0) is 13.0 Å². The highest BCUT2D eigenvalue weighted by Gasteiger charge is 2.11. The standard InChI is InChI=1S/C11H21N3O/c1-3-5-10(8-15)7-11-12-9-13-14(11)6-4-2/h9-10,15H,3-8H2,1-2H3. The molecule has 0 bridgehead atoms. The first-order valence-electron chi connectivity index (χ1n) is 5.79. The van der Waals surface area contributed by atoms with E-state index in [-0.39, 0.29) is 6.61 Å². The van der Waals surface area contributed by atoms with Crippen molar-refractivity contribution in [3.05, 3.63) is 12.2 Å². The van der Waals surface area contributed by atoms with Crippen molar-refractivity contribution in [1.82, 2.24) is 14.8 Å². The minimum atomic E-state index is 0.243. The number of hydrogen-bond donors (Lipinski definition) is 1. The Kier molecular flexibility index (Phi) is 5.32. The Balaban J connectivity index is 2.57. The van der Waals surface area contributed by atoms with Crippen molar-refractivity contribution in [3.8, 4) is 0 Å². The Morgan fingerprint density at radius 2 is 2.20 bits per heavy atom. The molecule has 1 aromatic heterocycles. The van der Waals surface area contributed by atoms with Gasteiger partial charge in [0.2, 0.25) is 0 Å². The van der Waals surface area contributed by atoms with Gasteiger partial charge >= 0.3 is 0 Å². The van der Waals surface area contributed by atoms with E-state index < -0.39 is 0 Å². The minimum absolute atomic E-state index is 0.243. The molecule has 0 saturated heterocycles. The van der Waals surface area contributed by atoms with Crippen LogP contribution in [0.15, 0.2) is 6.33 Å². The maximum absolute atomic E-state index is 9.22. The number of aliphatic hydroxyl groups excluding tert-OH is 1. The van der Waals surface area contributed by atoms with E-state index in [1.54, 1.807) is 6.33 Å². The zero-order chi connectivity index (χ0) is 11.1. The van der Waals surface area contributed by atoms with Gasteiger partial charge in [-0.15, -0.1) is 0 Å². The van der Waals surface area contributed by atoms with Crippen LogP contribution < -0.4 is 0 Å². The molecule has 0 aliphatic heterocycles. The number of hydrogen-bond acceptors (Lipinski definition) is 3. The van der Waals surface area contributed by atoms with Crippen LogP contribution in [0.2, 0.25) is 0 Å². The Bertz CT molecular complexity index is 273. The number of aromatic nitrogens is 3. The lowest BCUT2D eigenvalue weighted by molar-refractivity contribution is 0.214. The van der Waals surface area contributed by atoms with Gasteiger partial charge in [-0.25, -0.2) is 4.98 Å². The molecule has 0 aromatic carbocycles. The van der Waals surface area contributed by atoms with E-state index in [1.807, 2.05) is 4.68 Å². The summed E-state index contributed by atoms with van der Waals surface area (Å²) in [6.45, 7) is 5.42. The van der Waals surface area contributed by atoms with E-state index in [1.165, 1.54) is 0 Å². The van der Waals surface area contributed by atoms with Crippen molar-refractivity contribution in [2.75, 3.05) is 6.61 Å². The van der Waals surface area contributed by atoms with Gasteiger partial charge in [-0.3, -0.25) is 4.68 Å². The van der Waals surface area contributed by atoms with Crippen molar-refractivity contribution < 1.29 is 5.11 Å². The molecule has 0 amide bonds. The molecular weight excluding hydrogens is 190 g/mol. The molecule has 4 heteroatoms. The zero-order valence-electron chi connectivity index (χ0n) is 9.69. The van der Waals surface area contributed by atoms with Crippen molar-refractivity contribution >= 4 is 0 Å². The van der Waals surface area contributed by atoms with Gasteiger partial charge in [0.25, 0.3) is 0 Å². The first kappa shape index (κ1) is 12.2. The summed E-state index contributed by atoms with van der Waals surface area (Å²) in [5.41, 5.74) is 0. The molecule has 0 saturated carbocycles. The second kappa shape index (κ2) is 6.56. The molecule has 1 rings (SSSR count). The fourth-order valence-electron chi connectivity index (χ4n) is 1.77. The molecular formula is C11H21N3O. The molecule has 1 unspecified atom stereocenters. The van der Waals surface area contributed by atoms with Crippen LogP contribution in [-0.4, -0.2) is 26.5 Å². The number of aryl methyl sites for hydroxylation is 1. The Morgan fingerprint density at radius 3 is 2.80 bits per heavy atom. The van der Waals surface area contributed by atoms with Gasteiger partial charge < -0.3 is 5.11 Å². The van der Waals surface area contributed by atoms with E-state index in [4.69, 9.17) is 0 Å². The summed E-state index contributed by atoms with van der Waals surface area (Å²) >= 11 is 0. The van der Waals surface area contributed by atoms with Gasteiger partial charge in [0.1, 0.15) is 12.2 Å². The molecule has 0 spiro atoms. The molecule has 0 aliphatic rings. The average molecular weight is 211 g/mol. The normalized spacial score (nSPS) is 13.0. The Hall–Kier alpha value is -0.900. The second-order valence-corrected chi connectivity index (χ2v) is 3.94. The lowest BCUT2D eigenvalue weighted by Crippen LogP contribution is -2.14. The highest BCUT2D eigenvalue weighted by molar-refractivity contribution is 4.87. The smallest absolute Gasteiger partial charge is 0.138 e. The Labute approximate surface area is 91.3 Å². The largest absolute Gasteiger partial charge is 0.396 e. The van der Waals surface area contributed by atoms with E-state index in [0.717, 1.165) is 38.1 Å². The van der Waals surface area contributed by atoms with Gasteiger partial charge in [-0.1, -0.05) is 20.3 Å². The fraction of sp³-hybridized carbons (Fsp3) is 0.818. The summed E-state index contributed by atoms with van der Waals surface area (Å²) in [5.74, 6) is 1.33. The third-order valence-corrected chi connectivity index (χ3v) is 2.56. The minimum Gasteiger partial charge on any atom is -0.396 e. The van der Waals surface area contributed by atoms with Crippen LogP contribution >= 0.6 is 0 Å². The monoisotopic (exact) mass is 211 g/mol. The van der Waals surface area contributed by atoms with Crippen molar-refractivity contribution in [1.29, 1.82) is 0 Å². The molecule has 1 atom stereocenters. The van der Waals surface area contributed by atoms with Gasteiger partial charge in [0.05, 0.1) is 0 Å². The summed E-state index contributed by atoms with van der Waals surface area (Å²) < 4.78 is 1.94. The highest BCUT2D eigenvalue weighted by atomic mass is 16.3. The molecule has 86 valence electrons. The summed E-state index contributed by atoms with van der Waals surface area (Å²) in [6, 6.07) is 0. The van der Waals surface area contributed by atoms with Crippen molar-refractivity contribution in [3.63, 3.8) is 0 Å². The summed E-state index contributed by atoms with van der Waals surface area (Å²) in [7, 11) is 0. The van der Waals surface area contributed by atoms with Crippen LogP contribution in [0.1, 0.15) is 38.9 Å².